The summed E-state index contributed by atoms with van der Waals surface area (Å²) in [7, 11) is 0. The lowest BCUT2D eigenvalue weighted by molar-refractivity contribution is 0.0698. The van der Waals surface area contributed by atoms with Gasteiger partial charge in [0, 0.05) is 24.2 Å². The number of carbonyl (C=O) groups excluding carboxylic acids is 1. The summed E-state index contributed by atoms with van der Waals surface area (Å²) in [6.07, 6.45) is 5.21. The molecule has 0 saturated carbocycles. The number of carboxylic acids is 1. The Labute approximate surface area is 78.6 Å². The van der Waals surface area contributed by atoms with E-state index in [0.717, 1.165) is 0 Å². The van der Waals surface area contributed by atoms with Gasteiger partial charge in [0.25, 0.3) is 0 Å². The molecule has 0 amide bonds. The molecule has 70 valence electrons. The van der Waals surface area contributed by atoms with Gasteiger partial charge in [-0.2, -0.15) is 0 Å². The molecule has 0 spiro atoms. The van der Waals surface area contributed by atoms with Gasteiger partial charge in [0.15, 0.2) is 11.9 Å². The van der Waals surface area contributed by atoms with Crippen LogP contribution in [-0.2, 0) is 0 Å². The Morgan fingerprint density at radius 2 is 2.36 bits per heavy atom. The standard InChI is InChI=1S/C9H6N2O3/c12-5-6-3-7(9(13)14)8-10-1-2-11(8)4-6/h1-5H,(H,13,14). The predicted octanol–water partition coefficient (Wildman–Crippen LogP) is 0.845. The Hall–Kier alpha value is -2.17. The molecule has 0 saturated heterocycles. The minimum Gasteiger partial charge on any atom is -0.478 e. The molecule has 0 aliphatic rings. The maximum absolute atomic E-state index is 10.8. The lowest BCUT2D eigenvalue weighted by Crippen LogP contribution is -2.02. The molecule has 2 rings (SSSR count). The van der Waals surface area contributed by atoms with Crippen LogP contribution < -0.4 is 0 Å². The van der Waals surface area contributed by atoms with Crippen LogP contribution in [0.2, 0.25) is 0 Å². The minimum absolute atomic E-state index is 0.0274. The second kappa shape index (κ2) is 2.95. The van der Waals surface area contributed by atoms with Crippen molar-refractivity contribution in [2.45, 2.75) is 0 Å². The molecule has 0 unspecified atom stereocenters. The number of fused-ring (bicyclic) bond motifs is 1. The molecule has 0 aromatic carbocycles. The van der Waals surface area contributed by atoms with E-state index in [4.69, 9.17) is 5.11 Å². The smallest absolute Gasteiger partial charge is 0.339 e. The van der Waals surface area contributed by atoms with Gasteiger partial charge >= 0.3 is 5.97 Å². The third kappa shape index (κ3) is 1.15. The van der Waals surface area contributed by atoms with Gasteiger partial charge in [-0.15, -0.1) is 0 Å². The van der Waals surface area contributed by atoms with Crippen molar-refractivity contribution in [2.24, 2.45) is 0 Å². The SMILES string of the molecule is O=Cc1cc(C(=O)O)c2nccn2c1. The summed E-state index contributed by atoms with van der Waals surface area (Å²) in [5, 5.41) is 8.85. The van der Waals surface area contributed by atoms with E-state index in [2.05, 4.69) is 4.98 Å². The molecule has 5 heteroatoms. The first-order valence-corrected chi connectivity index (χ1v) is 3.87. The molecule has 0 aliphatic heterocycles. The van der Waals surface area contributed by atoms with Crippen molar-refractivity contribution in [1.82, 2.24) is 9.38 Å². The molecule has 0 radical (unpaired) electrons. The number of aldehydes is 1. The monoisotopic (exact) mass is 190 g/mol. The number of hydrogen-bond donors (Lipinski definition) is 1. The third-order valence-electron chi connectivity index (χ3n) is 1.88. The van der Waals surface area contributed by atoms with Crippen LogP contribution in [0, 0.1) is 0 Å². The molecule has 5 nitrogen and oxygen atoms in total. The lowest BCUT2D eigenvalue weighted by atomic mass is 10.2. The van der Waals surface area contributed by atoms with Gasteiger partial charge in [-0.05, 0) is 6.07 Å². The van der Waals surface area contributed by atoms with Crippen LogP contribution in [0.4, 0.5) is 0 Å². The van der Waals surface area contributed by atoms with Gasteiger partial charge in [-0.1, -0.05) is 0 Å². The number of aromatic carboxylic acids is 1. The summed E-state index contributed by atoms with van der Waals surface area (Å²) in [6, 6.07) is 1.30. The van der Waals surface area contributed by atoms with Crippen LogP contribution in [0.3, 0.4) is 0 Å². The number of aromatic nitrogens is 2. The highest BCUT2D eigenvalue weighted by Crippen LogP contribution is 2.10. The highest BCUT2D eigenvalue weighted by Gasteiger charge is 2.11. The van der Waals surface area contributed by atoms with E-state index in [0.29, 0.717) is 17.5 Å². The fraction of sp³-hybridized carbons (Fsp3) is 0. The molecule has 2 aromatic rings. The molecule has 2 heterocycles. The second-order valence-electron chi connectivity index (χ2n) is 2.77. The zero-order chi connectivity index (χ0) is 10.1. The largest absolute Gasteiger partial charge is 0.478 e. The molecule has 0 bridgehead atoms. The molecule has 0 aliphatic carbocycles. The average molecular weight is 190 g/mol. The summed E-state index contributed by atoms with van der Waals surface area (Å²) >= 11 is 0. The number of rotatable bonds is 2. The van der Waals surface area contributed by atoms with Gasteiger partial charge in [0.1, 0.15) is 5.56 Å². The maximum atomic E-state index is 10.8. The Morgan fingerprint density at radius 1 is 1.57 bits per heavy atom. The molecule has 14 heavy (non-hydrogen) atoms. The molecule has 0 fully saturated rings. The number of pyridine rings is 1. The van der Waals surface area contributed by atoms with Crippen LogP contribution in [0.5, 0.6) is 0 Å². The highest BCUT2D eigenvalue weighted by atomic mass is 16.4. The van der Waals surface area contributed by atoms with Crippen LogP contribution in [-0.4, -0.2) is 26.7 Å². The van der Waals surface area contributed by atoms with Crippen LogP contribution in [0.25, 0.3) is 5.65 Å². The van der Waals surface area contributed by atoms with E-state index in [1.807, 2.05) is 0 Å². The van der Waals surface area contributed by atoms with Crippen molar-refractivity contribution < 1.29 is 14.7 Å². The molecule has 1 N–H and O–H groups in total. The van der Waals surface area contributed by atoms with Crippen molar-refractivity contribution in [1.29, 1.82) is 0 Å². The van der Waals surface area contributed by atoms with Crippen molar-refractivity contribution in [2.75, 3.05) is 0 Å². The summed E-state index contributed by atoms with van der Waals surface area (Å²) < 4.78 is 1.51. The van der Waals surface area contributed by atoms with E-state index in [9.17, 15) is 9.59 Å². The first-order chi connectivity index (χ1) is 6.72. The van der Waals surface area contributed by atoms with Gasteiger partial charge in [-0.25, -0.2) is 9.78 Å². The number of carboxylic acid groups (broad SMARTS) is 1. The van der Waals surface area contributed by atoms with E-state index < -0.39 is 5.97 Å². The first-order valence-electron chi connectivity index (χ1n) is 3.87. The summed E-state index contributed by atoms with van der Waals surface area (Å²) in [4.78, 5) is 25.2. The Kier molecular flexibility index (Phi) is 1.78. The van der Waals surface area contributed by atoms with Crippen LogP contribution in [0.15, 0.2) is 24.7 Å². The lowest BCUT2D eigenvalue weighted by Gasteiger charge is -1.99. The number of hydrogen-bond acceptors (Lipinski definition) is 3. The normalized spacial score (nSPS) is 10.3. The summed E-state index contributed by atoms with van der Waals surface area (Å²) in [5.41, 5.74) is 0.676. The van der Waals surface area contributed by atoms with Gasteiger partial charge < -0.3 is 9.51 Å². The molecule has 0 atom stereocenters. The average Bonchev–Trinajstić information content (AvgIpc) is 2.63. The van der Waals surface area contributed by atoms with E-state index in [1.54, 1.807) is 6.20 Å². The van der Waals surface area contributed by atoms with Crippen LogP contribution in [0.1, 0.15) is 20.7 Å². The van der Waals surface area contributed by atoms with Gasteiger partial charge in [0.05, 0.1) is 0 Å². The molecule has 2 aromatic heterocycles. The molecular weight excluding hydrogens is 184 g/mol. The fourth-order valence-corrected chi connectivity index (χ4v) is 1.28. The van der Waals surface area contributed by atoms with Crippen molar-refractivity contribution >= 4 is 17.9 Å². The summed E-state index contributed by atoms with van der Waals surface area (Å²) in [6.45, 7) is 0. The highest BCUT2D eigenvalue weighted by molar-refractivity contribution is 5.96. The van der Waals surface area contributed by atoms with Crippen molar-refractivity contribution in [3.05, 3.63) is 35.8 Å². The van der Waals surface area contributed by atoms with Crippen molar-refractivity contribution in [3.63, 3.8) is 0 Å². The van der Waals surface area contributed by atoms with E-state index in [-0.39, 0.29) is 5.56 Å². The topological polar surface area (TPSA) is 71.7 Å². The minimum atomic E-state index is -1.09. The van der Waals surface area contributed by atoms with Crippen LogP contribution >= 0.6 is 0 Å². The zero-order valence-electron chi connectivity index (χ0n) is 7.04. The Balaban J connectivity index is 2.83. The number of imidazole rings is 1. The quantitative estimate of drug-likeness (QED) is 0.712. The van der Waals surface area contributed by atoms with E-state index in [1.165, 1.54) is 22.9 Å². The summed E-state index contributed by atoms with van der Waals surface area (Å²) in [5.74, 6) is -1.09. The zero-order valence-corrected chi connectivity index (χ0v) is 7.04. The second-order valence-corrected chi connectivity index (χ2v) is 2.77. The van der Waals surface area contributed by atoms with E-state index >= 15 is 0 Å². The van der Waals surface area contributed by atoms with Gasteiger partial charge in [-0.3, -0.25) is 4.79 Å². The number of nitrogens with zero attached hydrogens (tertiary/aromatic N) is 2. The number of carbonyl (C=O) groups is 2. The van der Waals surface area contributed by atoms with Crippen molar-refractivity contribution in [3.8, 4) is 0 Å². The van der Waals surface area contributed by atoms with Gasteiger partial charge in [0.2, 0.25) is 0 Å². The molecular formula is C9H6N2O3. The first kappa shape index (κ1) is 8.43. The fourth-order valence-electron chi connectivity index (χ4n) is 1.28. The maximum Gasteiger partial charge on any atom is 0.339 e. The Bertz CT molecular complexity index is 516. The predicted molar refractivity (Wildman–Crippen MR) is 47.5 cm³/mol. The Morgan fingerprint density at radius 3 is 3.00 bits per heavy atom. The third-order valence-corrected chi connectivity index (χ3v) is 1.88.